The van der Waals surface area contributed by atoms with Gasteiger partial charge in [-0.25, -0.2) is 4.39 Å². The van der Waals surface area contributed by atoms with Crippen LogP contribution >= 0.6 is 0 Å². The van der Waals surface area contributed by atoms with Crippen molar-refractivity contribution >= 4 is 0 Å². The van der Waals surface area contributed by atoms with Crippen molar-refractivity contribution in [1.29, 1.82) is 0 Å². The summed E-state index contributed by atoms with van der Waals surface area (Å²) < 4.78 is 13.0. The summed E-state index contributed by atoms with van der Waals surface area (Å²) in [5, 5.41) is 13.0. The van der Waals surface area contributed by atoms with Crippen LogP contribution in [-0.4, -0.2) is 18.2 Å². The number of likely N-dealkylation sites (N-methyl/N-ethyl adjacent to an activating group) is 1. The summed E-state index contributed by atoms with van der Waals surface area (Å²) in [5.41, 5.74) is 1.79. The standard InChI is InChI=1S/C11H14FNO/c1-13-10-5-3-7-2-4-8(12)6-9(7)11(10)14/h2,4,6,10-11,13-14H,3,5H2,1H3. The van der Waals surface area contributed by atoms with Crippen LogP contribution < -0.4 is 5.32 Å². The SMILES string of the molecule is CNC1CCc2ccc(F)cc2C1O. The van der Waals surface area contributed by atoms with E-state index in [2.05, 4.69) is 5.32 Å². The molecule has 0 saturated carbocycles. The fourth-order valence-electron chi connectivity index (χ4n) is 2.06. The number of benzene rings is 1. The molecule has 0 fully saturated rings. The van der Waals surface area contributed by atoms with Crippen molar-refractivity contribution in [2.45, 2.75) is 25.0 Å². The number of aryl methyl sites for hydroxylation is 1. The van der Waals surface area contributed by atoms with E-state index in [4.69, 9.17) is 0 Å². The van der Waals surface area contributed by atoms with Crippen molar-refractivity contribution in [3.8, 4) is 0 Å². The number of nitrogens with one attached hydrogen (secondary N) is 1. The molecule has 0 aliphatic heterocycles. The average molecular weight is 195 g/mol. The molecule has 1 aliphatic carbocycles. The second kappa shape index (κ2) is 3.67. The van der Waals surface area contributed by atoms with Crippen molar-refractivity contribution < 1.29 is 9.50 Å². The van der Waals surface area contributed by atoms with Crippen LogP contribution in [0.2, 0.25) is 0 Å². The lowest BCUT2D eigenvalue weighted by atomic mass is 9.86. The topological polar surface area (TPSA) is 32.3 Å². The highest BCUT2D eigenvalue weighted by Crippen LogP contribution is 2.30. The molecule has 1 aromatic rings. The van der Waals surface area contributed by atoms with Gasteiger partial charge in [-0.3, -0.25) is 0 Å². The third kappa shape index (κ3) is 1.53. The number of hydrogen-bond donors (Lipinski definition) is 2. The molecule has 0 aromatic heterocycles. The number of halogens is 1. The summed E-state index contributed by atoms with van der Waals surface area (Å²) in [5.74, 6) is -0.278. The van der Waals surface area contributed by atoms with Crippen LogP contribution in [0.5, 0.6) is 0 Å². The van der Waals surface area contributed by atoms with Crippen molar-refractivity contribution in [2.24, 2.45) is 0 Å². The first-order valence-electron chi connectivity index (χ1n) is 4.86. The normalized spacial score (nSPS) is 25.9. The fraction of sp³-hybridized carbons (Fsp3) is 0.455. The van der Waals surface area contributed by atoms with Gasteiger partial charge < -0.3 is 10.4 Å². The van der Waals surface area contributed by atoms with Gasteiger partial charge in [0.15, 0.2) is 0 Å². The van der Waals surface area contributed by atoms with Gasteiger partial charge in [0, 0.05) is 6.04 Å². The summed E-state index contributed by atoms with van der Waals surface area (Å²) in [4.78, 5) is 0. The van der Waals surface area contributed by atoms with Crippen LogP contribution in [0.3, 0.4) is 0 Å². The van der Waals surface area contributed by atoms with E-state index in [1.54, 1.807) is 6.07 Å². The third-order valence-corrected chi connectivity index (χ3v) is 2.90. The molecular weight excluding hydrogens is 181 g/mol. The Hall–Kier alpha value is -0.930. The summed E-state index contributed by atoms with van der Waals surface area (Å²) >= 11 is 0. The summed E-state index contributed by atoms with van der Waals surface area (Å²) in [6.45, 7) is 0. The highest BCUT2D eigenvalue weighted by Gasteiger charge is 2.26. The number of hydrogen-bond acceptors (Lipinski definition) is 2. The zero-order valence-electron chi connectivity index (χ0n) is 8.13. The van der Waals surface area contributed by atoms with E-state index < -0.39 is 6.10 Å². The van der Waals surface area contributed by atoms with Crippen LogP contribution in [0, 0.1) is 5.82 Å². The van der Waals surface area contributed by atoms with E-state index in [-0.39, 0.29) is 11.9 Å². The quantitative estimate of drug-likeness (QED) is 0.709. The monoisotopic (exact) mass is 195 g/mol. The van der Waals surface area contributed by atoms with Gasteiger partial charge in [0.05, 0.1) is 6.10 Å². The van der Waals surface area contributed by atoms with Gasteiger partial charge in [-0.2, -0.15) is 0 Å². The Morgan fingerprint density at radius 1 is 1.50 bits per heavy atom. The Labute approximate surface area is 82.8 Å². The first-order valence-corrected chi connectivity index (χ1v) is 4.86. The summed E-state index contributed by atoms with van der Waals surface area (Å²) in [6.07, 6.45) is 1.22. The molecule has 0 bridgehead atoms. The molecule has 0 heterocycles. The second-order valence-corrected chi connectivity index (χ2v) is 3.72. The molecule has 1 aromatic carbocycles. The highest BCUT2D eigenvalue weighted by molar-refractivity contribution is 5.33. The minimum absolute atomic E-state index is 0.0456. The van der Waals surface area contributed by atoms with E-state index in [1.807, 2.05) is 7.05 Å². The maximum absolute atomic E-state index is 13.0. The minimum Gasteiger partial charge on any atom is -0.387 e. The predicted octanol–water partition coefficient (Wildman–Crippen LogP) is 1.39. The molecule has 3 heteroatoms. The van der Waals surface area contributed by atoms with Crippen molar-refractivity contribution in [3.05, 3.63) is 35.1 Å². The molecule has 0 amide bonds. The highest BCUT2D eigenvalue weighted by atomic mass is 19.1. The summed E-state index contributed by atoms with van der Waals surface area (Å²) in [7, 11) is 1.82. The lowest BCUT2D eigenvalue weighted by molar-refractivity contribution is 0.119. The maximum atomic E-state index is 13.0. The number of aliphatic hydroxyl groups excluding tert-OH is 1. The minimum atomic E-state index is -0.584. The third-order valence-electron chi connectivity index (χ3n) is 2.90. The lowest BCUT2D eigenvalue weighted by Gasteiger charge is -2.29. The van der Waals surface area contributed by atoms with Gasteiger partial charge in [0.2, 0.25) is 0 Å². The van der Waals surface area contributed by atoms with Gasteiger partial charge >= 0.3 is 0 Å². The smallest absolute Gasteiger partial charge is 0.123 e. The van der Waals surface area contributed by atoms with Crippen LogP contribution in [0.25, 0.3) is 0 Å². The molecule has 2 nitrogen and oxygen atoms in total. The molecule has 2 rings (SSSR count). The molecule has 1 aliphatic rings. The largest absolute Gasteiger partial charge is 0.387 e. The van der Waals surface area contributed by atoms with Gasteiger partial charge in [-0.05, 0) is 43.1 Å². The van der Waals surface area contributed by atoms with Gasteiger partial charge in [0.25, 0.3) is 0 Å². The molecule has 2 atom stereocenters. The lowest BCUT2D eigenvalue weighted by Crippen LogP contribution is -2.36. The Balaban J connectivity index is 2.38. The van der Waals surface area contributed by atoms with Crippen LogP contribution in [-0.2, 0) is 6.42 Å². The first-order chi connectivity index (χ1) is 6.72. The van der Waals surface area contributed by atoms with Crippen LogP contribution in [0.4, 0.5) is 4.39 Å². The number of rotatable bonds is 1. The van der Waals surface area contributed by atoms with Gasteiger partial charge in [-0.15, -0.1) is 0 Å². The number of aliphatic hydroxyl groups is 1. The second-order valence-electron chi connectivity index (χ2n) is 3.72. The number of fused-ring (bicyclic) bond motifs is 1. The van der Waals surface area contributed by atoms with Crippen LogP contribution in [0.1, 0.15) is 23.7 Å². The molecular formula is C11H14FNO. The predicted molar refractivity (Wildman–Crippen MR) is 52.5 cm³/mol. The first kappa shape index (κ1) is 9.62. The van der Waals surface area contributed by atoms with E-state index in [0.29, 0.717) is 0 Å². The Kier molecular flexibility index (Phi) is 2.52. The molecule has 14 heavy (non-hydrogen) atoms. The molecule has 2 unspecified atom stereocenters. The summed E-state index contributed by atoms with van der Waals surface area (Å²) in [6, 6.07) is 4.69. The molecule has 2 N–H and O–H groups in total. The average Bonchev–Trinajstić information content (AvgIpc) is 2.20. The molecule has 0 radical (unpaired) electrons. The van der Waals surface area contributed by atoms with E-state index in [1.165, 1.54) is 12.1 Å². The van der Waals surface area contributed by atoms with Crippen molar-refractivity contribution in [1.82, 2.24) is 5.32 Å². The zero-order valence-corrected chi connectivity index (χ0v) is 8.13. The Morgan fingerprint density at radius 3 is 3.00 bits per heavy atom. The van der Waals surface area contributed by atoms with E-state index in [0.717, 1.165) is 24.0 Å². The molecule has 0 saturated heterocycles. The Bertz CT molecular complexity index is 340. The van der Waals surface area contributed by atoms with Crippen LogP contribution in [0.15, 0.2) is 18.2 Å². The van der Waals surface area contributed by atoms with Gasteiger partial charge in [-0.1, -0.05) is 6.07 Å². The van der Waals surface area contributed by atoms with Gasteiger partial charge in [0.1, 0.15) is 5.82 Å². The fourth-order valence-corrected chi connectivity index (χ4v) is 2.06. The zero-order chi connectivity index (χ0) is 10.1. The van der Waals surface area contributed by atoms with E-state index >= 15 is 0 Å². The van der Waals surface area contributed by atoms with E-state index in [9.17, 15) is 9.50 Å². The van der Waals surface area contributed by atoms with Crippen molar-refractivity contribution in [3.63, 3.8) is 0 Å². The van der Waals surface area contributed by atoms with Crippen molar-refractivity contribution in [2.75, 3.05) is 7.05 Å². The molecule has 0 spiro atoms. The maximum Gasteiger partial charge on any atom is 0.123 e. The Morgan fingerprint density at radius 2 is 2.29 bits per heavy atom. The molecule has 76 valence electrons.